The Kier molecular flexibility index (Phi) is 6.03. The van der Waals surface area contributed by atoms with Crippen molar-refractivity contribution in [2.45, 2.75) is 39.5 Å². The molecule has 7 nitrogen and oxygen atoms in total. The van der Waals surface area contributed by atoms with Gasteiger partial charge in [-0.2, -0.15) is 5.10 Å². The van der Waals surface area contributed by atoms with Crippen LogP contribution in [-0.4, -0.2) is 16.5 Å². The second kappa shape index (κ2) is 8.65. The van der Waals surface area contributed by atoms with Gasteiger partial charge in [0.15, 0.2) is 0 Å². The lowest BCUT2D eigenvalue weighted by molar-refractivity contribution is -0.384. The molecule has 0 unspecified atom stereocenters. The molecule has 146 valence electrons. The number of nitrogens with one attached hydrogen (secondary N) is 2. The van der Waals surface area contributed by atoms with Crippen molar-refractivity contribution >= 4 is 28.7 Å². The van der Waals surface area contributed by atoms with Gasteiger partial charge in [0.1, 0.15) is 5.69 Å². The second-order valence-electron chi connectivity index (χ2n) is 7.17. The number of nitro benzene ring substituents is 1. The summed E-state index contributed by atoms with van der Waals surface area (Å²) in [6, 6.07) is 11.7. The van der Waals surface area contributed by atoms with Gasteiger partial charge in [0.2, 0.25) is 0 Å². The summed E-state index contributed by atoms with van der Waals surface area (Å²) in [5.41, 5.74) is 5.90. The molecule has 1 amide bonds. The molecule has 1 aliphatic rings. The third-order valence-corrected chi connectivity index (χ3v) is 4.97. The van der Waals surface area contributed by atoms with Gasteiger partial charge in [0.25, 0.3) is 11.6 Å². The van der Waals surface area contributed by atoms with E-state index in [4.69, 9.17) is 0 Å². The fourth-order valence-corrected chi connectivity index (χ4v) is 3.23. The van der Waals surface area contributed by atoms with Crippen molar-refractivity contribution in [1.29, 1.82) is 0 Å². The maximum absolute atomic E-state index is 12.5. The fourth-order valence-electron chi connectivity index (χ4n) is 3.23. The van der Waals surface area contributed by atoms with Crippen molar-refractivity contribution < 1.29 is 9.72 Å². The number of hydrazone groups is 1. The molecule has 0 bridgehead atoms. The Morgan fingerprint density at radius 1 is 1.18 bits per heavy atom. The van der Waals surface area contributed by atoms with Crippen LogP contribution in [0.3, 0.4) is 0 Å². The van der Waals surface area contributed by atoms with Gasteiger partial charge in [0.05, 0.1) is 4.92 Å². The van der Waals surface area contributed by atoms with E-state index in [0.717, 1.165) is 30.5 Å². The monoisotopic (exact) mass is 380 g/mol. The van der Waals surface area contributed by atoms with E-state index < -0.39 is 10.8 Å². The van der Waals surface area contributed by atoms with Gasteiger partial charge in [-0.25, -0.2) is 0 Å². The molecule has 0 saturated heterocycles. The van der Waals surface area contributed by atoms with Gasteiger partial charge in [0, 0.05) is 23.0 Å². The molecule has 0 aliphatic heterocycles. The molecule has 28 heavy (non-hydrogen) atoms. The Morgan fingerprint density at radius 2 is 1.93 bits per heavy atom. The summed E-state index contributed by atoms with van der Waals surface area (Å²) in [4.78, 5) is 23.4. The first kappa shape index (κ1) is 19.5. The van der Waals surface area contributed by atoms with Crippen LogP contribution in [0.25, 0.3) is 0 Å². The molecule has 0 spiro atoms. The summed E-state index contributed by atoms with van der Waals surface area (Å²) >= 11 is 0. The highest BCUT2D eigenvalue weighted by Crippen LogP contribution is 2.27. The summed E-state index contributed by atoms with van der Waals surface area (Å²) in [7, 11) is 0. The Hall–Kier alpha value is -3.22. The van der Waals surface area contributed by atoms with Crippen LogP contribution in [0.4, 0.5) is 17.1 Å². The highest BCUT2D eigenvalue weighted by Gasteiger charge is 2.19. The van der Waals surface area contributed by atoms with E-state index in [0.29, 0.717) is 11.6 Å². The molecule has 2 aromatic rings. The van der Waals surface area contributed by atoms with E-state index in [-0.39, 0.29) is 16.9 Å². The van der Waals surface area contributed by atoms with Crippen LogP contribution in [0.2, 0.25) is 0 Å². The first-order valence-corrected chi connectivity index (χ1v) is 9.43. The molecule has 1 aliphatic carbocycles. The first-order chi connectivity index (χ1) is 13.4. The summed E-state index contributed by atoms with van der Waals surface area (Å²) in [5, 5.41) is 18.6. The molecule has 1 fully saturated rings. The van der Waals surface area contributed by atoms with E-state index in [9.17, 15) is 14.9 Å². The number of hydrogen-bond acceptors (Lipinski definition) is 5. The number of amides is 1. The van der Waals surface area contributed by atoms with Gasteiger partial charge < -0.3 is 5.32 Å². The normalized spacial score (nSPS) is 17.9. The van der Waals surface area contributed by atoms with Crippen molar-refractivity contribution in [3.8, 4) is 0 Å². The van der Waals surface area contributed by atoms with Crippen LogP contribution >= 0.6 is 0 Å². The Bertz CT molecular complexity index is 906. The van der Waals surface area contributed by atoms with E-state index in [1.165, 1.54) is 18.6 Å². The van der Waals surface area contributed by atoms with Gasteiger partial charge in [-0.3, -0.25) is 20.3 Å². The molecule has 2 N–H and O–H groups in total. The molecule has 0 aromatic heterocycles. The van der Waals surface area contributed by atoms with Crippen molar-refractivity contribution in [2.24, 2.45) is 11.0 Å². The van der Waals surface area contributed by atoms with Crippen LogP contribution in [-0.2, 0) is 0 Å². The quantitative estimate of drug-likeness (QED) is 0.555. The van der Waals surface area contributed by atoms with E-state index in [1.807, 2.05) is 19.1 Å². The van der Waals surface area contributed by atoms with Gasteiger partial charge in [-0.15, -0.1) is 0 Å². The van der Waals surface area contributed by atoms with Crippen LogP contribution in [0.1, 0.15) is 48.5 Å². The maximum atomic E-state index is 12.5. The van der Waals surface area contributed by atoms with Crippen LogP contribution in [0.15, 0.2) is 47.6 Å². The number of carbonyl (C=O) groups is 1. The van der Waals surface area contributed by atoms with Crippen LogP contribution in [0.5, 0.6) is 0 Å². The molecule has 7 heteroatoms. The summed E-state index contributed by atoms with van der Waals surface area (Å²) in [6.45, 7) is 4.07. The fraction of sp³-hybridized carbons (Fsp3) is 0.333. The lowest BCUT2D eigenvalue weighted by atomic mass is 9.89. The topological polar surface area (TPSA) is 96.6 Å². The molecule has 3 rings (SSSR count). The number of benzene rings is 2. The standard InChI is InChI=1S/C21H24N4O3/c1-14-7-10-17(11-8-14)22-21(26)16-9-12-19(20(13-16)25(27)28)24-23-18-6-4-3-5-15(18)2/h7-13,15,24H,3-6H2,1-2H3,(H,22,26)/b23-18+/t15-/m0/s1. The minimum absolute atomic E-state index is 0.177. The summed E-state index contributed by atoms with van der Waals surface area (Å²) in [6.07, 6.45) is 4.26. The van der Waals surface area contributed by atoms with Crippen LogP contribution in [0, 0.1) is 23.0 Å². The third kappa shape index (κ3) is 4.73. The zero-order valence-corrected chi connectivity index (χ0v) is 16.1. The SMILES string of the molecule is Cc1ccc(NC(=O)c2ccc(N/N=C3\CCCC[C@@H]3C)c([N+](=O)[O-])c2)cc1. The molecule has 1 saturated carbocycles. The van der Waals surface area contributed by atoms with E-state index >= 15 is 0 Å². The van der Waals surface area contributed by atoms with Crippen molar-refractivity contribution in [3.05, 3.63) is 63.7 Å². The average molecular weight is 380 g/mol. The number of nitrogens with zero attached hydrogens (tertiary/aromatic N) is 2. The Morgan fingerprint density at radius 3 is 2.61 bits per heavy atom. The van der Waals surface area contributed by atoms with Gasteiger partial charge in [-0.1, -0.05) is 31.0 Å². The van der Waals surface area contributed by atoms with Crippen LogP contribution < -0.4 is 10.7 Å². The van der Waals surface area contributed by atoms with Crippen molar-refractivity contribution in [2.75, 3.05) is 10.7 Å². The predicted octanol–water partition coefficient (Wildman–Crippen LogP) is 5.13. The lowest BCUT2D eigenvalue weighted by Gasteiger charge is -2.20. The minimum atomic E-state index is -0.504. The molecule has 0 radical (unpaired) electrons. The lowest BCUT2D eigenvalue weighted by Crippen LogP contribution is -2.17. The number of rotatable bonds is 5. The second-order valence-corrected chi connectivity index (χ2v) is 7.17. The first-order valence-electron chi connectivity index (χ1n) is 9.43. The zero-order valence-electron chi connectivity index (χ0n) is 16.1. The summed E-state index contributed by atoms with van der Waals surface area (Å²) < 4.78 is 0. The van der Waals surface area contributed by atoms with Crippen molar-refractivity contribution in [3.63, 3.8) is 0 Å². The number of nitro groups is 1. The molecule has 2 aromatic carbocycles. The number of carbonyl (C=O) groups excluding carboxylic acids is 1. The zero-order chi connectivity index (χ0) is 20.1. The smallest absolute Gasteiger partial charge is 0.294 e. The van der Waals surface area contributed by atoms with Crippen molar-refractivity contribution in [1.82, 2.24) is 0 Å². The number of hydrogen-bond donors (Lipinski definition) is 2. The molecule has 0 heterocycles. The highest BCUT2D eigenvalue weighted by molar-refractivity contribution is 6.05. The number of anilines is 2. The van der Waals surface area contributed by atoms with E-state index in [1.54, 1.807) is 18.2 Å². The minimum Gasteiger partial charge on any atom is -0.322 e. The predicted molar refractivity (Wildman–Crippen MR) is 111 cm³/mol. The number of aryl methyl sites for hydroxylation is 1. The summed E-state index contributed by atoms with van der Waals surface area (Å²) in [5.74, 6) is -0.0226. The molecular formula is C21H24N4O3. The largest absolute Gasteiger partial charge is 0.322 e. The molecule has 1 atom stereocenters. The average Bonchev–Trinajstić information content (AvgIpc) is 2.69. The molecular weight excluding hydrogens is 356 g/mol. The maximum Gasteiger partial charge on any atom is 0.294 e. The third-order valence-electron chi connectivity index (χ3n) is 4.97. The van der Waals surface area contributed by atoms with E-state index in [2.05, 4.69) is 22.8 Å². The Balaban J connectivity index is 1.78. The van der Waals surface area contributed by atoms with Gasteiger partial charge in [-0.05, 0) is 56.4 Å². The highest BCUT2D eigenvalue weighted by atomic mass is 16.6. The van der Waals surface area contributed by atoms with Gasteiger partial charge >= 0.3 is 0 Å². The Labute approximate surface area is 164 Å².